The van der Waals surface area contributed by atoms with Gasteiger partial charge in [0.25, 0.3) is 0 Å². The van der Waals surface area contributed by atoms with Gasteiger partial charge >= 0.3 is 6.03 Å². The van der Waals surface area contributed by atoms with Crippen LogP contribution in [0.1, 0.15) is 5.82 Å². The molecule has 0 aliphatic carbocycles. The fourth-order valence-electron chi connectivity index (χ4n) is 2.48. The van der Waals surface area contributed by atoms with Crippen molar-refractivity contribution >= 4 is 17.5 Å². The van der Waals surface area contributed by atoms with E-state index in [2.05, 4.69) is 25.5 Å². The monoisotopic (exact) mass is 343 g/mol. The molecule has 1 saturated heterocycles. The van der Waals surface area contributed by atoms with E-state index in [1.807, 2.05) is 18.2 Å². The molecule has 8 heteroatoms. The van der Waals surface area contributed by atoms with E-state index in [4.69, 9.17) is 9.47 Å². The number of methoxy groups -OCH3 is 1. The summed E-state index contributed by atoms with van der Waals surface area (Å²) in [4.78, 5) is 22.9. The predicted octanol–water partition coefficient (Wildman–Crippen LogP) is 1.64. The minimum absolute atomic E-state index is 0.244. The second-order valence-electron chi connectivity index (χ2n) is 5.47. The van der Waals surface area contributed by atoms with Gasteiger partial charge in [0.05, 0.1) is 26.9 Å². The lowest BCUT2D eigenvalue weighted by Crippen LogP contribution is -2.37. The van der Waals surface area contributed by atoms with Crippen LogP contribution in [0.3, 0.4) is 0 Å². The molecule has 2 heterocycles. The Labute approximate surface area is 146 Å². The fourth-order valence-corrected chi connectivity index (χ4v) is 2.48. The molecule has 25 heavy (non-hydrogen) atoms. The number of nitrogens with zero attached hydrogens (tertiary/aromatic N) is 3. The summed E-state index contributed by atoms with van der Waals surface area (Å²) in [5.41, 5.74) is 0.653. The number of anilines is 2. The maximum absolute atomic E-state index is 12.0. The van der Waals surface area contributed by atoms with Crippen molar-refractivity contribution in [3.8, 4) is 5.75 Å². The Hall–Kier alpha value is -2.87. The van der Waals surface area contributed by atoms with Gasteiger partial charge in [-0.2, -0.15) is 0 Å². The minimum atomic E-state index is -0.325. The van der Waals surface area contributed by atoms with Crippen LogP contribution in [0.5, 0.6) is 5.75 Å². The standard InChI is InChI=1S/C17H21N5O3/c1-24-14-4-2-3-13(11-14)20-17(23)19-12-15-18-6-5-16(21-15)22-7-9-25-10-8-22/h2-6,11H,7-10,12H2,1H3,(H2,19,20,23). The third-order valence-corrected chi connectivity index (χ3v) is 3.76. The van der Waals surface area contributed by atoms with Gasteiger partial charge < -0.3 is 25.0 Å². The van der Waals surface area contributed by atoms with E-state index in [0.717, 1.165) is 18.9 Å². The van der Waals surface area contributed by atoms with Gasteiger partial charge in [0.1, 0.15) is 17.4 Å². The highest BCUT2D eigenvalue weighted by atomic mass is 16.5. The summed E-state index contributed by atoms with van der Waals surface area (Å²) in [5.74, 6) is 2.09. The van der Waals surface area contributed by atoms with Crippen LogP contribution < -0.4 is 20.3 Å². The Kier molecular flexibility index (Phi) is 5.63. The lowest BCUT2D eigenvalue weighted by molar-refractivity contribution is 0.122. The smallest absolute Gasteiger partial charge is 0.319 e. The number of hydrogen-bond donors (Lipinski definition) is 2. The molecule has 1 aromatic heterocycles. The van der Waals surface area contributed by atoms with Crippen LogP contribution in [-0.4, -0.2) is 49.4 Å². The van der Waals surface area contributed by atoms with E-state index in [1.54, 1.807) is 25.4 Å². The normalized spacial score (nSPS) is 14.0. The maximum atomic E-state index is 12.0. The zero-order chi connectivity index (χ0) is 17.5. The summed E-state index contributed by atoms with van der Waals surface area (Å²) >= 11 is 0. The van der Waals surface area contributed by atoms with Gasteiger partial charge in [-0.1, -0.05) is 6.07 Å². The van der Waals surface area contributed by atoms with Gasteiger partial charge in [-0.3, -0.25) is 0 Å². The highest BCUT2D eigenvalue weighted by Gasteiger charge is 2.13. The predicted molar refractivity (Wildman–Crippen MR) is 93.9 cm³/mol. The van der Waals surface area contributed by atoms with Crippen molar-refractivity contribution in [1.82, 2.24) is 15.3 Å². The average Bonchev–Trinajstić information content (AvgIpc) is 2.67. The maximum Gasteiger partial charge on any atom is 0.319 e. The molecule has 1 aromatic carbocycles. The Bertz CT molecular complexity index is 719. The van der Waals surface area contributed by atoms with E-state index in [9.17, 15) is 4.79 Å². The first-order valence-electron chi connectivity index (χ1n) is 8.08. The second kappa shape index (κ2) is 8.29. The summed E-state index contributed by atoms with van der Waals surface area (Å²) in [5, 5.41) is 5.51. The molecule has 0 atom stereocenters. The van der Waals surface area contributed by atoms with Crippen molar-refractivity contribution < 1.29 is 14.3 Å². The first-order valence-corrected chi connectivity index (χ1v) is 8.08. The van der Waals surface area contributed by atoms with E-state index in [-0.39, 0.29) is 12.6 Å². The van der Waals surface area contributed by atoms with Crippen molar-refractivity contribution in [3.05, 3.63) is 42.4 Å². The van der Waals surface area contributed by atoms with Gasteiger partial charge in [0.2, 0.25) is 0 Å². The SMILES string of the molecule is COc1cccc(NC(=O)NCc2nccc(N3CCOCC3)n2)c1. The number of carbonyl (C=O) groups is 1. The van der Waals surface area contributed by atoms with Gasteiger partial charge in [-0.15, -0.1) is 0 Å². The van der Waals surface area contributed by atoms with E-state index >= 15 is 0 Å². The molecule has 1 aliphatic rings. The van der Waals surface area contributed by atoms with Crippen LogP contribution in [-0.2, 0) is 11.3 Å². The third-order valence-electron chi connectivity index (χ3n) is 3.76. The summed E-state index contributed by atoms with van der Waals surface area (Å²) in [6, 6.07) is 8.70. The summed E-state index contributed by atoms with van der Waals surface area (Å²) in [6.07, 6.45) is 1.70. The van der Waals surface area contributed by atoms with E-state index in [0.29, 0.717) is 30.5 Å². The topological polar surface area (TPSA) is 88.6 Å². The largest absolute Gasteiger partial charge is 0.497 e. The van der Waals surface area contributed by atoms with E-state index < -0.39 is 0 Å². The number of morpholine rings is 1. The molecule has 8 nitrogen and oxygen atoms in total. The Morgan fingerprint density at radius 1 is 1.32 bits per heavy atom. The van der Waals surface area contributed by atoms with Gasteiger partial charge in [-0.05, 0) is 18.2 Å². The zero-order valence-corrected chi connectivity index (χ0v) is 14.1. The number of benzene rings is 1. The fraction of sp³-hybridized carbons (Fsp3) is 0.353. The Balaban J connectivity index is 1.54. The average molecular weight is 343 g/mol. The quantitative estimate of drug-likeness (QED) is 0.858. The van der Waals surface area contributed by atoms with Crippen LogP contribution >= 0.6 is 0 Å². The number of hydrogen-bond acceptors (Lipinski definition) is 6. The molecule has 0 radical (unpaired) electrons. The lowest BCUT2D eigenvalue weighted by atomic mass is 10.3. The minimum Gasteiger partial charge on any atom is -0.497 e. The number of carbonyl (C=O) groups excluding carboxylic acids is 1. The molecular formula is C17H21N5O3. The summed E-state index contributed by atoms with van der Waals surface area (Å²) < 4.78 is 10.5. The zero-order valence-electron chi connectivity index (χ0n) is 14.1. The number of aromatic nitrogens is 2. The van der Waals surface area contributed by atoms with Crippen LogP contribution in [0, 0.1) is 0 Å². The molecule has 1 aliphatic heterocycles. The number of amides is 2. The molecule has 2 N–H and O–H groups in total. The highest BCUT2D eigenvalue weighted by molar-refractivity contribution is 5.89. The van der Waals surface area contributed by atoms with E-state index in [1.165, 1.54) is 0 Å². The summed E-state index contributed by atoms with van der Waals surface area (Å²) in [6.45, 7) is 3.25. The first-order chi connectivity index (χ1) is 12.2. The van der Waals surface area contributed by atoms with Gasteiger partial charge in [0.15, 0.2) is 0 Å². The van der Waals surface area contributed by atoms with Crippen molar-refractivity contribution in [2.45, 2.75) is 6.54 Å². The molecule has 0 saturated carbocycles. The van der Waals surface area contributed by atoms with Crippen molar-refractivity contribution in [2.24, 2.45) is 0 Å². The second-order valence-corrected chi connectivity index (χ2v) is 5.47. The highest BCUT2D eigenvalue weighted by Crippen LogP contribution is 2.16. The van der Waals surface area contributed by atoms with Crippen LogP contribution in [0.15, 0.2) is 36.5 Å². The number of ether oxygens (including phenoxy) is 2. The number of rotatable bonds is 5. The molecule has 0 bridgehead atoms. The number of nitrogens with one attached hydrogen (secondary N) is 2. The molecule has 1 fully saturated rings. The van der Waals surface area contributed by atoms with Gasteiger partial charge in [-0.25, -0.2) is 14.8 Å². The van der Waals surface area contributed by atoms with Crippen molar-refractivity contribution in [3.63, 3.8) is 0 Å². The molecule has 2 amide bonds. The van der Waals surface area contributed by atoms with Crippen LogP contribution in [0.4, 0.5) is 16.3 Å². The molecular weight excluding hydrogens is 322 g/mol. The van der Waals surface area contributed by atoms with Crippen LogP contribution in [0.2, 0.25) is 0 Å². The third kappa shape index (κ3) is 4.80. The van der Waals surface area contributed by atoms with Crippen LogP contribution in [0.25, 0.3) is 0 Å². The van der Waals surface area contributed by atoms with Crippen molar-refractivity contribution in [1.29, 1.82) is 0 Å². The summed E-state index contributed by atoms with van der Waals surface area (Å²) in [7, 11) is 1.58. The molecule has 2 aromatic rings. The Morgan fingerprint density at radius 2 is 2.16 bits per heavy atom. The lowest BCUT2D eigenvalue weighted by Gasteiger charge is -2.27. The number of urea groups is 1. The van der Waals surface area contributed by atoms with Gasteiger partial charge in [0, 0.05) is 31.0 Å². The van der Waals surface area contributed by atoms with Crippen molar-refractivity contribution in [2.75, 3.05) is 43.6 Å². The molecule has 132 valence electrons. The Morgan fingerprint density at radius 3 is 2.96 bits per heavy atom. The first kappa shape index (κ1) is 17.0. The molecule has 3 rings (SSSR count). The molecule has 0 spiro atoms. The molecule has 0 unspecified atom stereocenters.